The number of aromatic nitrogens is 1. The molecule has 3 aromatic rings. The first-order valence-electron chi connectivity index (χ1n) is 6.98. The standard InChI is InChI=1S/C16H12F2N2O3S2/c1-9-6-11(3-4-12(9)17)20-14(8-24-16(20)21)10-2-5-15(13(18)7-10)25(19,22)23/h2-8H,1H3,(H2,19,22,23). The fraction of sp³-hybridized carbons (Fsp3) is 0.0625. The Bertz CT molecular complexity index is 1130. The fourth-order valence-electron chi connectivity index (χ4n) is 2.41. The predicted molar refractivity (Wildman–Crippen MR) is 91.4 cm³/mol. The second kappa shape index (κ2) is 6.17. The summed E-state index contributed by atoms with van der Waals surface area (Å²) in [6.07, 6.45) is 0. The van der Waals surface area contributed by atoms with Gasteiger partial charge in [0.1, 0.15) is 16.5 Å². The molecule has 0 aliphatic carbocycles. The lowest BCUT2D eigenvalue weighted by atomic mass is 10.1. The normalized spacial score (nSPS) is 11.7. The van der Waals surface area contributed by atoms with Gasteiger partial charge in [0.25, 0.3) is 0 Å². The van der Waals surface area contributed by atoms with E-state index in [0.717, 1.165) is 23.5 Å². The van der Waals surface area contributed by atoms with Gasteiger partial charge in [-0.25, -0.2) is 22.3 Å². The molecule has 9 heteroatoms. The van der Waals surface area contributed by atoms with Crippen molar-refractivity contribution < 1.29 is 17.2 Å². The first-order valence-corrected chi connectivity index (χ1v) is 9.41. The topological polar surface area (TPSA) is 82.2 Å². The van der Waals surface area contributed by atoms with Crippen molar-refractivity contribution in [1.82, 2.24) is 4.57 Å². The summed E-state index contributed by atoms with van der Waals surface area (Å²) in [6.45, 7) is 1.57. The van der Waals surface area contributed by atoms with E-state index in [-0.39, 0.29) is 4.87 Å². The quantitative estimate of drug-likeness (QED) is 0.756. The largest absolute Gasteiger partial charge is 0.312 e. The van der Waals surface area contributed by atoms with Crippen molar-refractivity contribution in [2.45, 2.75) is 11.8 Å². The molecule has 3 rings (SSSR count). The van der Waals surface area contributed by atoms with Crippen molar-refractivity contribution in [3.05, 3.63) is 68.6 Å². The summed E-state index contributed by atoms with van der Waals surface area (Å²) in [7, 11) is -4.18. The number of halogens is 2. The van der Waals surface area contributed by atoms with Crippen molar-refractivity contribution in [2.24, 2.45) is 5.14 Å². The van der Waals surface area contributed by atoms with Crippen LogP contribution in [-0.4, -0.2) is 13.0 Å². The molecule has 1 heterocycles. The van der Waals surface area contributed by atoms with Crippen LogP contribution in [0.2, 0.25) is 0 Å². The van der Waals surface area contributed by atoms with Crippen LogP contribution >= 0.6 is 11.3 Å². The first-order chi connectivity index (χ1) is 11.7. The number of nitrogens with zero attached hydrogens (tertiary/aromatic N) is 1. The average molecular weight is 382 g/mol. The Hall–Kier alpha value is -2.36. The van der Waals surface area contributed by atoms with Crippen molar-refractivity contribution in [3.63, 3.8) is 0 Å². The SMILES string of the molecule is Cc1cc(-n2c(-c3ccc(S(N)(=O)=O)c(F)c3)csc2=O)ccc1F. The van der Waals surface area contributed by atoms with Crippen LogP contribution < -0.4 is 10.0 Å². The molecule has 0 amide bonds. The third-order valence-electron chi connectivity index (χ3n) is 3.63. The molecule has 0 unspecified atom stereocenters. The van der Waals surface area contributed by atoms with Gasteiger partial charge in [0.15, 0.2) is 0 Å². The fourth-order valence-corrected chi connectivity index (χ4v) is 3.76. The highest BCUT2D eigenvalue weighted by Gasteiger charge is 2.18. The van der Waals surface area contributed by atoms with Crippen LogP contribution in [-0.2, 0) is 10.0 Å². The maximum absolute atomic E-state index is 14.1. The van der Waals surface area contributed by atoms with Crippen LogP contribution in [0.25, 0.3) is 16.9 Å². The minimum Gasteiger partial charge on any atom is -0.267 e. The summed E-state index contributed by atoms with van der Waals surface area (Å²) >= 11 is 0.895. The van der Waals surface area contributed by atoms with E-state index < -0.39 is 26.6 Å². The first kappa shape index (κ1) is 17.5. The summed E-state index contributed by atoms with van der Waals surface area (Å²) < 4.78 is 51.5. The van der Waals surface area contributed by atoms with Crippen molar-refractivity contribution in [1.29, 1.82) is 0 Å². The van der Waals surface area contributed by atoms with Gasteiger partial charge in [0, 0.05) is 10.9 Å². The van der Waals surface area contributed by atoms with Gasteiger partial charge in [-0.2, -0.15) is 0 Å². The summed E-state index contributed by atoms with van der Waals surface area (Å²) in [5.41, 5.74) is 1.44. The smallest absolute Gasteiger partial charge is 0.267 e. The number of rotatable bonds is 3. The Morgan fingerprint density at radius 2 is 1.80 bits per heavy atom. The van der Waals surface area contributed by atoms with E-state index in [2.05, 4.69) is 0 Å². The molecule has 0 saturated heterocycles. The molecule has 25 heavy (non-hydrogen) atoms. The number of benzene rings is 2. The Labute approximate surface area is 146 Å². The summed E-state index contributed by atoms with van der Waals surface area (Å²) in [4.78, 5) is 11.2. The zero-order valence-electron chi connectivity index (χ0n) is 12.9. The van der Waals surface area contributed by atoms with Gasteiger partial charge in [-0.3, -0.25) is 9.36 Å². The maximum Gasteiger partial charge on any atom is 0.312 e. The van der Waals surface area contributed by atoms with Gasteiger partial charge >= 0.3 is 4.87 Å². The zero-order chi connectivity index (χ0) is 18.4. The number of hydrogen-bond donors (Lipinski definition) is 1. The number of nitrogens with two attached hydrogens (primary N) is 1. The van der Waals surface area contributed by atoms with Crippen molar-refractivity contribution in [2.75, 3.05) is 0 Å². The third kappa shape index (κ3) is 3.26. The van der Waals surface area contributed by atoms with E-state index in [0.29, 0.717) is 22.5 Å². The van der Waals surface area contributed by atoms with E-state index in [1.54, 1.807) is 6.92 Å². The average Bonchev–Trinajstić information content (AvgIpc) is 2.90. The lowest BCUT2D eigenvalue weighted by molar-refractivity contribution is 0.568. The molecule has 0 bridgehead atoms. The molecule has 0 radical (unpaired) electrons. The van der Waals surface area contributed by atoms with Gasteiger partial charge in [0.05, 0.1) is 11.4 Å². The van der Waals surface area contributed by atoms with E-state index in [1.165, 1.54) is 34.2 Å². The summed E-state index contributed by atoms with van der Waals surface area (Å²) in [5.74, 6) is -1.42. The van der Waals surface area contributed by atoms with E-state index >= 15 is 0 Å². The van der Waals surface area contributed by atoms with Gasteiger partial charge in [-0.15, -0.1) is 0 Å². The second-order valence-corrected chi connectivity index (χ2v) is 7.70. The van der Waals surface area contributed by atoms with Gasteiger partial charge < -0.3 is 0 Å². The van der Waals surface area contributed by atoms with Crippen LogP contribution in [0.3, 0.4) is 0 Å². The Balaban J connectivity index is 2.19. The minimum atomic E-state index is -4.18. The molecule has 5 nitrogen and oxygen atoms in total. The van der Waals surface area contributed by atoms with Gasteiger partial charge in [-0.1, -0.05) is 17.4 Å². The molecule has 2 N–H and O–H groups in total. The zero-order valence-corrected chi connectivity index (χ0v) is 14.5. The highest BCUT2D eigenvalue weighted by Crippen LogP contribution is 2.27. The predicted octanol–water partition coefficient (Wildman–Crippen LogP) is 2.80. The summed E-state index contributed by atoms with van der Waals surface area (Å²) in [5, 5.41) is 6.47. The number of primary sulfonamides is 1. The Morgan fingerprint density at radius 1 is 1.08 bits per heavy atom. The molecular weight excluding hydrogens is 370 g/mol. The van der Waals surface area contributed by atoms with Crippen LogP contribution in [0.5, 0.6) is 0 Å². The number of sulfonamides is 1. The van der Waals surface area contributed by atoms with Crippen LogP contribution in [0.15, 0.2) is 51.5 Å². The van der Waals surface area contributed by atoms with Crippen LogP contribution in [0.4, 0.5) is 8.78 Å². The number of hydrogen-bond acceptors (Lipinski definition) is 4. The second-order valence-electron chi connectivity index (χ2n) is 5.35. The number of aryl methyl sites for hydroxylation is 1. The molecule has 0 fully saturated rings. The summed E-state index contributed by atoms with van der Waals surface area (Å²) in [6, 6.07) is 7.58. The van der Waals surface area contributed by atoms with E-state index in [4.69, 9.17) is 5.14 Å². The molecule has 0 aliphatic heterocycles. The molecule has 0 saturated carbocycles. The van der Waals surface area contributed by atoms with E-state index in [1.807, 2.05) is 0 Å². The highest BCUT2D eigenvalue weighted by atomic mass is 32.2. The lowest BCUT2D eigenvalue weighted by Gasteiger charge is -2.10. The van der Waals surface area contributed by atoms with Crippen LogP contribution in [0.1, 0.15) is 5.56 Å². The minimum absolute atomic E-state index is 0.297. The molecule has 0 spiro atoms. The Kier molecular flexibility index (Phi) is 4.31. The van der Waals surface area contributed by atoms with Crippen LogP contribution in [0, 0.1) is 18.6 Å². The number of thiazole rings is 1. The van der Waals surface area contributed by atoms with Crippen molar-refractivity contribution in [3.8, 4) is 16.9 Å². The molecule has 0 atom stereocenters. The maximum atomic E-state index is 14.1. The Morgan fingerprint density at radius 3 is 2.40 bits per heavy atom. The lowest BCUT2D eigenvalue weighted by Crippen LogP contribution is -2.14. The third-order valence-corrected chi connectivity index (χ3v) is 5.30. The van der Waals surface area contributed by atoms with Crippen molar-refractivity contribution >= 4 is 21.4 Å². The molecule has 0 aliphatic rings. The highest BCUT2D eigenvalue weighted by molar-refractivity contribution is 7.89. The monoisotopic (exact) mass is 382 g/mol. The molecule has 130 valence electrons. The molecule has 2 aromatic carbocycles. The molecule has 1 aromatic heterocycles. The molecular formula is C16H12F2N2O3S2. The van der Waals surface area contributed by atoms with Gasteiger partial charge in [-0.05, 0) is 42.8 Å². The van der Waals surface area contributed by atoms with Gasteiger partial charge in [0.2, 0.25) is 10.0 Å². The van der Waals surface area contributed by atoms with E-state index in [9.17, 15) is 22.0 Å².